The molecule has 0 saturated heterocycles. The molecule has 0 aromatic carbocycles. The average Bonchev–Trinajstić information content (AvgIpc) is 2.80. The summed E-state index contributed by atoms with van der Waals surface area (Å²) in [7, 11) is 1.47. The molecule has 0 aromatic rings. The van der Waals surface area contributed by atoms with Crippen molar-refractivity contribution in [2.24, 2.45) is 0 Å². The van der Waals surface area contributed by atoms with Crippen molar-refractivity contribution in [1.29, 1.82) is 0 Å². The molecule has 0 aliphatic carbocycles. The lowest BCUT2D eigenvalue weighted by Gasteiger charge is -2.24. The Labute approximate surface area is 221 Å². The topological polar surface area (TPSA) is 102 Å². The number of esters is 1. The van der Waals surface area contributed by atoms with Crippen LogP contribution in [0.3, 0.4) is 0 Å². The van der Waals surface area contributed by atoms with Crippen molar-refractivity contribution < 1.29 is 37.6 Å². The van der Waals surface area contributed by atoms with Gasteiger partial charge in [0.05, 0.1) is 27.7 Å². The molecule has 0 aliphatic heterocycles. The van der Waals surface area contributed by atoms with Crippen molar-refractivity contribution in [1.82, 2.24) is 0 Å². The van der Waals surface area contributed by atoms with E-state index < -0.39 is 20.5 Å². The number of ether oxygens (including phenoxy) is 1. The molecule has 0 radical (unpaired) electrons. The lowest BCUT2D eigenvalue weighted by molar-refractivity contribution is -0.870. The van der Waals surface area contributed by atoms with Crippen LogP contribution in [-0.4, -0.2) is 74.1 Å². The normalized spacial score (nSPS) is 14.5. The number of rotatable bonds is 26. The van der Waals surface area contributed by atoms with E-state index >= 15 is 0 Å². The number of aliphatic hydroxyl groups is 1. The van der Waals surface area contributed by atoms with E-state index in [1.165, 1.54) is 83.5 Å². The summed E-state index contributed by atoms with van der Waals surface area (Å²) in [5.41, 5.74) is 0. The van der Waals surface area contributed by atoms with Gasteiger partial charge in [0.25, 0.3) is 0 Å². The van der Waals surface area contributed by atoms with Crippen LogP contribution >= 0.6 is 7.82 Å². The van der Waals surface area contributed by atoms with Crippen molar-refractivity contribution in [2.45, 2.75) is 122 Å². The Morgan fingerprint density at radius 2 is 1.25 bits per heavy atom. The third-order valence-electron chi connectivity index (χ3n) is 6.17. The van der Waals surface area contributed by atoms with Gasteiger partial charge in [0.15, 0.2) is 0 Å². The van der Waals surface area contributed by atoms with Crippen LogP contribution in [0.1, 0.15) is 116 Å². The molecule has 0 saturated carbocycles. The summed E-state index contributed by atoms with van der Waals surface area (Å²) in [6.07, 6.45) is 19.6. The van der Waals surface area contributed by atoms with Crippen LogP contribution in [0.2, 0.25) is 0 Å². The highest BCUT2D eigenvalue weighted by Gasteiger charge is 2.28. The number of hydrogen-bond acceptors (Lipinski definition) is 6. The van der Waals surface area contributed by atoms with E-state index in [0.717, 1.165) is 19.3 Å². The van der Waals surface area contributed by atoms with Crippen LogP contribution < -0.4 is 0 Å². The van der Waals surface area contributed by atoms with Crippen LogP contribution in [-0.2, 0) is 23.1 Å². The molecule has 0 amide bonds. The van der Waals surface area contributed by atoms with E-state index in [2.05, 4.69) is 6.92 Å². The van der Waals surface area contributed by atoms with E-state index in [1.807, 2.05) is 21.1 Å². The third-order valence-corrected chi connectivity index (χ3v) is 7.24. The van der Waals surface area contributed by atoms with Gasteiger partial charge < -0.3 is 19.2 Å². The zero-order valence-electron chi connectivity index (χ0n) is 23.8. The second-order valence-electron chi connectivity index (χ2n) is 11.0. The monoisotopic (exact) mass is 538 g/mol. The first-order valence-electron chi connectivity index (χ1n) is 14.3. The number of hydrogen-bond donors (Lipinski definition) is 2. The van der Waals surface area contributed by atoms with Crippen molar-refractivity contribution in [3.8, 4) is 0 Å². The lowest BCUT2D eigenvalue weighted by Crippen LogP contribution is -2.37. The Bertz CT molecular complexity index is 569. The largest absolute Gasteiger partial charge is 0.472 e. The molecule has 0 rings (SSSR count). The standard InChI is InChI=1S/C27H56NO7P/c1-5-6-7-8-9-10-11-12-13-14-15-16-17-18-19-20-21-27(30)33-25-26(24-29)35-36(31,32)34-23-22-28(2,3)4/h26,29H,5-25H2,1-4H3/p+1/t26-/m0/s1. The van der Waals surface area contributed by atoms with E-state index in [0.29, 0.717) is 17.4 Å². The zero-order valence-corrected chi connectivity index (χ0v) is 24.7. The summed E-state index contributed by atoms with van der Waals surface area (Å²) < 4.78 is 27.6. The van der Waals surface area contributed by atoms with Crippen LogP contribution in [0.5, 0.6) is 0 Å². The van der Waals surface area contributed by atoms with Crippen LogP contribution in [0.4, 0.5) is 0 Å². The van der Waals surface area contributed by atoms with Gasteiger partial charge in [-0.25, -0.2) is 4.57 Å². The van der Waals surface area contributed by atoms with Gasteiger partial charge in [0.1, 0.15) is 25.9 Å². The maximum atomic E-state index is 12.0. The third kappa shape index (κ3) is 25.2. The second kappa shape index (κ2) is 22.5. The molecule has 2 N–H and O–H groups in total. The molecule has 0 heterocycles. The van der Waals surface area contributed by atoms with Crippen LogP contribution in [0.25, 0.3) is 0 Å². The predicted octanol–water partition coefficient (Wildman–Crippen LogP) is 6.38. The molecule has 216 valence electrons. The SMILES string of the molecule is CCCCCCCCCCCCCCCCCCC(=O)OC[C@H](CO)OP(=O)(O)OCC[N+](C)(C)C. The molecular weight excluding hydrogens is 481 g/mol. The Kier molecular flexibility index (Phi) is 22.2. The van der Waals surface area contributed by atoms with Gasteiger partial charge in [-0.3, -0.25) is 13.8 Å². The minimum absolute atomic E-state index is 0.0362. The smallest absolute Gasteiger partial charge is 0.463 e. The van der Waals surface area contributed by atoms with Crippen LogP contribution in [0.15, 0.2) is 0 Å². The first kappa shape index (κ1) is 35.5. The van der Waals surface area contributed by atoms with E-state index in [-0.39, 0.29) is 19.2 Å². The quantitative estimate of drug-likeness (QED) is 0.0570. The van der Waals surface area contributed by atoms with Crippen molar-refractivity contribution in [3.63, 3.8) is 0 Å². The number of phosphoric acid groups is 1. The first-order valence-corrected chi connectivity index (χ1v) is 15.8. The maximum absolute atomic E-state index is 12.0. The summed E-state index contributed by atoms with van der Waals surface area (Å²) >= 11 is 0. The fourth-order valence-electron chi connectivity index (χ4n) is 3.84. The highest BCUT2D eigenvalue weighted by atomic mass is 31.2. The fraction of sp³-hybridized carbons (Fsp3) is 0.963. The van der Waals surface area contributed by atoms with Crippen LogP contribution in [0, 0.1) is 0 Å². The van der Waals surface area contributed by atoms with Crippen molar-refractivity contribution in [3.05, 3.63) is 0 Å². The number of aliphatic hydroxyl groups excluding tert-OH is 1. The minimum Gasteiger partial charge on any atom is -0.463 e. The summed E-state index contributed by atoms with van der Waals surface area (Å²) in [6.45, 7) is 1.99. The predicted molar refractivity (Wildman–Crippen MR) is 146 cm³/mol. The second-order valence-corrected chi connectivity index (χ2v) is 12.4. The van der Waals surface area contributed by atoms with Gasteiger partial charge >= 0.3 is 13.8 Å². The molecule has 0 aromatic heterocycles. The maximum Gasteiger partial charge on any atom is 0.472 e. The van der Waals surface area contributed by atoms with Gasteiger partial charge in [-0.2, -0.15) is 0 Å². The molecule has 0 spiro atoms. The molecular formula is C27H57NO7P+. The van der Waals surface area contributed by atoms with E-state index in [4.69, 9.17) is 13.8 Å². The summed E-state index contributed by atoms with van der Waals surface area (Å²) in [5.74, 6) is -0.388. The number of quaternary nitrogens is 1. The number of nitrogens with zero attached hydrogens (tertiary/aromatic N) is 1. The number of likely N-dealkylation sites (N-methyl/N-ethyl adjacent to an activating group) is 1. The molecule has 9 heteroatoms. The van der Waals surface area contributed by atoms with Gasteiger partial charge in [0.2, 0.25) is 0 Å². The van der Waals surface area contributed by atoms with Crippen molar-refractivity contribution in [2.75, 3.05) is 47.5 Å². The summed E-state index contributed by atoms with van der Waals surface area (Å²) in [5, 5.41) is 9.37. The van der Waals surface area contributed by atoms with Gasteiger partial charge in [-0.05, 0) is 6.42 Å². The van der Waals surface area contributed by atoms with Gasteiger partial charge in [0, 0.05) is 6.42 Å². The summed E-state index contributed by atoms with van der Waals surface area (Å²) in [4.78, 5) is 21.7. The molecule has 2 atom stereocenters. The first-order chi connectivity index (χ1) is 17.1. The Morgan fingerprint density at radius 1 is 0.806 bits per heavy atom. The zero-order chi connectivity index (χ0) is 27.1. The molecule has 0 aliphatic rings. The molecule has 8 nitrogen and oxygen atoms in total. The van der Waals surface area contributed by atoms with E-state index in [9.17, 15) is 19.4 Å². The molecule has 36 heavy (non-hydrogen) atoms. The number of carbonyl (C=O) groups excluding carboxylic acids is 1. The highest BCUT2D eigenvalue weighted by molar-refractivity contribution is 7.47. The highest BCUT2D eigenvalue weighted by Crippen LogP contribution is 2.44. The van der Waals surface area contributed by atoms with E-state index in [1.54, 1.807) is 0 Å². The molecule has 0 fully saturated rings. The number of carbonyl (C=O) groups is 1. The fourth-order valence-corrected chi connectivity index (χ4v) is 4.72. The van der Waals surface area contributed by atoms with Gasteiger partial charge in [-0.15, -0.1) is 0 Å². The lowest BCUT2D eigenvalue weighted by atomic mass is 10.0. The Balaban J connectivity index is 3.63. The number of phosphoric ester groups is 1. The Hall–Kier alpha value is -0.500. The van der Waals surface area contributed by atoms with Crippen molar-refractivity contribution >= 4 is 13.8 Å². The Morgan fingerprint density at radius 3 is 1.67 bits per heavy atom. The molecule has 1 unspecified atom stereocenters. The minimum atomic E-state index is -4.33. The number of unbranched alkanes of at least 4 members (excludes halogenated alkanes) is 15. The summed E-state index contributed by atoms with van der Waals surface area (Å²) in [6, 6.07) is 0. The van der Waals surface area contributed by atoms with Gasteiger partial charge in [-0.1, -0.05) is 103 Å². The average molecular weight is 539 g/mol. The molecule has 0 bridgehead atoms.